The molecule has 0 saturated heterocycles. The molecule has 6 heteroatoms. The minimum absolute atomic E-state index is 0.226. The molecule has 17 heavy (non-hydrogen) atoms. The average Bonchev–Trinajstić information content (AvgIpc) is 2.74. The molecule has 5 nitrogen and oxygen atoms in total. The zero-order valence-electron chi connectivity index (χ0n) is 8.90. The number of nitrogens with one attached hydrogen (secondary N) is 3. The summed E-state index contributed by atoms with van der Waals surface area (Å²) in [6.07, 6.45) is 1.68. The van der Waals surface area contributed by atoms with Gasteiger partial charge in [-0.15, -0.1) is 0 Å². The Morgan fingerprint density at radius 2 is 2.18 bits per heavy atom. The second kappa shape index (κ2) is 3.74. The van der Waals surface area contributed by atoms with Crippen LogP contribution in [0.1, 0.15) is 11.7 Å². The monoisotopic (exact) mass is 245 g/mol. The van der Waals surface area contributed by atoms with Gasteiger partial charge in [0.15, 0.2) is 11.1 Å². The number of aliphatic imine (C=N–C) groups is 1. The van der Waals surface area contributed by atoms with Gasteiger partial charge in [0.05, 0.1) is 0 Å². The van der Waals surface area contributed by atoms with Crippen molar-refractivity contribution in [3.8, 4) is 0 Å². The fraction of sp³-hybridized carbons (Fsp3) is 0.0909. The first kappa shape index (κ1) is 10.1. The zero-order chi connectivity index (χ0) is 11.8. The van der Waals surface area contributed by atoms with Crippen molar-refractivity contribution in [1.29, 1.82) is 0 Å². The van der Waals surface area contributed by atoms with Gasteiger partial charge in [-0.25, -0.2) is 4.99 Å². The number of hydrogen-bond acceptors (Lipinski definition) is 3. The number of guanidine groups is 1. The highest BCUT2D eigenvalue weighted by atomic mass is 32.1. The van der Waals surface area contributed by atoms with Crippen molar-refractivity contribution in [1.82, 2.24) is 15.6 Å². The molecule has 0 bridgehead atoms. The van der Waals surface area contributed by atoms with E-state index in [4.69, 9.17) is 18.0 Å². The molecule has 0 spiro atoms. The molecule has 1 aromatic heterocycles. The standard InChI is InChI=1S/C11H11N5S/c12-10-14-9(15-11(17)16-10)7-2-1-6-3-4-13-8(6)5-7/h1-5,9,13H,(H4,12,14,15,16,17)/t9-/m1/s1. The van der Waals surface area contributed by atoms with Crippen LogP contribution in [-0.4, -0.2) is 16.1 Å². The van der Waals surface area contributed by atoms with E-state index in [1.807, 2.05) is 30.5 Å². The zero-order valence-corrected chi connectivity index (χ0v) is 9.71. The SMILES string of the molecule is NC1=N[C@@H](c2ccc3cc[nH]c3c2)NC(=S)N1. The first-order chi connectivity index (χ1) is 8.22. The Hall–Kier alpha value is -2.08. The summed E-state index contributed by atoms with van der Waals surface area (Å²) < 4.78 is 0. The summed E-state index contributed by atoms with van der Waals surface area (Å²) in [5.74, 6) is 0.338. The Morgan fingerprint density at radius 1 is 1.29 bits per heavy atom. The van der Waals surface area contributed by atoms with Crippen LogP contribution in [0.4, 0.5) is 0 Å². The molecule has 2 aromatic rings. The molecule has 5 N–H and O–H groups in total. The molecule has 1 aromatic carbocycles. The van der Waals surface area contributed by atoms with E-state index in [1.54, 1.807) is 0 Å². The molecule has 0 unspecified atom stereocenters. The molecular formula is C11H11N5S. The maximum absolute atomic E-state index is 5.65. The van der Waals surface area contributed by atoms with Gasteiger partial charge in [-0.1, -0.05) is 12.1 Å². The summed E-state index contributed by atoms with van der Waals surface area (Å²) in [6, 6.07) is 8.12. The van der Waals surface area contributed by atoms with Gasteiger partial charge in [-0.2, -0.15) is 0 Å². The number of fused-ring (bicyclic) bond motifs is 1. The van der Waals surface area contributed by atoms with E-state index >= 15 is 0 Å². The second-order valence-electron chi connectivity index (χ2n) is 3.84. The Bertz CT molecular complexity index is 615. The second-order valence-corrected chi connectivity index (χ2v) is 4.25. The number of thiocarbonyl (C=S) groups is 1. The largest absolute Gasteiger partial charge is 0.370 e. The van der Waals surface area contributed by atoms with Crippen molar-refractivity contribution in [3.63, 3.8) is 0 Å². The molecule has 0 amide bonds. The highest BCUT2D eigenvalue weighted by Crippen LogP contribution is 2.21. The molecule has 0 aliphatic carbocycles. The number of benzene rings is 1. The summed E-state index contributed by atoms with van der Waals surface area (Å²) in [5.41, 5.74) is 7.74. The average molecular weight is 245 g/mol. The lowest BCUT2D eigenvalue weighted by molar-refractivity contribution is 0.661. The van der Waals surface area contributed by atoms with Crippen LogP contribution < -0.4 is 16.4 Å². The van der Waals surface area contributed by atoms with Crippen LogP contribution in [0.5, 0.6) is 0 Å². The van der Waals surface area contributed by atoms with Gasteiger partial charge >= 0.3 is 0 Å². The van der Waals surface area contributed by atoms with Gasteiger partial charge in [-0.3, -0.25) is 0 Å². The van der Waals surface area contributed by atoms with Gasteiger partial charge in [0.25, 0.3) is 0 Å². The Labute approximate surface area is 103 Å². The first-order valence-electron chi connectivity index (χ1n) is 5.20. The summed E-state index contributed by atoms with van der Waals surface area (Å²) in [6.45, 7) is 0. The van der Waals surface area contributed by atoms with Crippen molar-refractivity contribution in [2.45, 2.75) is 6.17 Å². The van der Waals surface area contributed by atoms with E-state index in [2.05, 4.69) is 20.6 Å². The third kappa shape index (κ3) is 1.83. The first-order valence-corrected chi connectivity index (χ1v) is 5.61. The van der Waals surface area contributed by atoms with Crippen LogP contribution >= 0.6 is 12.2 Å². The summed E-state index contributed by atoms with van der Waals surface area (Å²) in [4.78, 5) is 7.43. The van der Waals surface area contributed by atoms with E-state index in [1.165, 1.54) is 5.39 Å². The van der Waals surface area contributed by atoms with E-state index in [0.717, 1.165) is 11.1 Å². The minimum atomic E-state index is -0.226. The van der Waals surface area contributed by atoms with E-state index in [-0.39, 0.29) is 6.17 Å². The quantitative estimate of drug-likeness (QED) is 0.564. The molecule has 0 saturated carbocycles. The highest BCUT2D eigenvalue weighted by molar-refractivity contribution is 7.80. The molecule has 1 aliphatic rings. The van der Waals surface area contributed by atoms with Gasteiger partial charge < -0.3 is 21.4 Å². The van der Waals surface area contributed by atoms with Crippen LogP contribution in [0.2, 0.25) is 0 Å². The van der Waals surface area contributed by atoms with Gasteiger partial charge in [-0.05, 0) is 35.3 Å². The van der Waals surface area contributed by atoms with Gasteiger partial charge in [0.1, 0.15) is 6.17 Å². The Kier molecular flexibility index (Phi) is 2.22. The number of aromatic nitrogens is 1. The smallest absolute Gasteiger partial charge is 0.197 e. The summed E-state index contributed by atoms with van der Waals surface area (Å²) >= 11 is 5.05. The Balaban J connectivity index is 2.02. The maximum atomic E-state index is 5.65. The van der Waals surface area contributed by atoms with Crippen LogP contribution in [0.15, 0.2) is 35.5 Å². The van der Waals surface area contributed by atoms with Gasteiger partial charge in [0, 0.05) is 11.7 Å². The number of H-pyrrole nitrogens is 1. The fourth-order valence-electron chi connectivity index (χ4n) is 1.87. The summed E-state index contributed by atoms with van der Waals surface area (Å²) in [7, 11) is 0. The fourth-order valence-corrected chi connectivity index (χ4v) is 2.09. The lowest BCUT2D eigenvalue weighted by Crippen LogP contribution is -2.49. The van der Waals surface area contributed by atoms with Crippen molar-refractivity contribution >= 4 is 34.2 Å². The molecule has 2 heterocycles. The lowest BCUT2D eigenvalue weighted by atomic mass is 10.1. The van der Waals surface area contributed by atoms with Crippen LogP contribution in [0.25, 0.3) is 10.9 Å². The normalized spacial score (nSPS) is 19.6. The lowest BCUT2D eigenvalue weighted by Gasteiger charge is -2.23. The molecule has 0 fully saturated rings. The number of nitrogens with two attached hydrogens (primary N) is 1. The molecule has 3 rings (SSSR count). The summed E-state index contributed by atoms with van der Waals surface area (Å²) in [5, 5.41) is 7.47. The van der Waals surface area contributed by atoms with Crippen molar-refractivity contribution < 1.29 is 0 Å². The van der Waals surface area contributed by atoms with E-state index in [0.29, 0.717) is 11.1 Å². The van der Waals surface area contributed by atoms with Crippen molar-refractivity contribution in [2.24, 2.45) is 10.7 Å². The Morgan fingerprint density at radius 3 is 3.00 bits per heavy atom. The number of aromatic amines is 1. The molecular weight excluding hydrogens is 234 g/mol. The van der Waals surface area contributed by atoms with Crippen LogP contribution in [-0.2, 0) is 0 Å². The van der Waals surface area contributed by atoms with E-state index in [9.17, 15) is 0 Å². The third-order valence-electron chi connectivity index (χ3n) is 2.67. The molecule has 86 valence electrons. The van der Waals surface area contributed by atoms with Gasteiger partial charge in [0.2, 0.25) is 0 Å². The van der Waals surface area contributed by atoms with Crippen LogP contribution in [0, 0.1) is 0 Å². The third-order valence-corrected chi connectivity index (χ3v) is 2.89. The predicted molar refractivity (Wildman–Crippen MR) is 71.5 cm³/mol. The predicted octanol–water partition coefficient (Wildman–Crippen LogP) is 0.959. The minimum Gasteiger partial charge on any atom is -0.370 e. The van der Waals surface area contributed by atoms with Crippen LogP contribution in [0.3, 0.4) is 0 Å². The highest BCUT2D eigenvalue weighted by Gasteiger charge is 2.17. The molecule has 1 atom stereocenters. The molecule has 0 radical (unpaired) electrons. The molecule has 1 aliphatic heterocycles. The number of nitrogens with zero attached hydrogens (tertiary/aromatic N) is 1. The number of hydrogen-bond donors (Lipinski definition) is 4. The maximum Gasteiger partial charge on any atom is 0.197 e. The number of rotatable bonds is 1. The van der Waals surface area contributed by atoms with Crippen molar-refractivity contribution in [2.75, 3.05) is 0 Å². The topological polar surface area (TPSA) is 78.2 Å². The van der Waals surface area contributed by atoms with Crippen molar-refractivity contribution in [3.05, 3.63) is 36.0 Å². The van der Waals surface area contributed by atoms with E-state index < -0.39 is 0 Å².